The molecule has 9 heteroatoms. The number of hydrogen-bond donors (Lipinski definition) is 2. The first-order valence-electron chi connectivity index (χ1n) is 11.0. The first kappa shape index (κ1) is 22.4. The second-order valence-electron chi connectivity index (χ2n) is 9.59. The van der Waals surface area contributed by atoms with Gasteiger partial charge in [0.2, 0.25) is 5.91 Å². The highest BCUT2D eigenvalue weighted by Gasteiger charge is 2.51. The third kappa shape index (κ3) is 5.23. The standard InChI is InChI=1S/C21H34N4O5/c1-20(2,3)30-19(29)24-12-7-15(8-13-24)22-16(26)9-14-25-17(27)21(23-18(25)28)10-5-4-6-11-21/h15H,4-14H2,1-3H3,(H,22,26)(H,23,28). The molecule has 168 valence electrons. The first-order chi connectivity index (χ1) is 14.1. The Bertz CT molecular complexity index is 688. The normalized spacial score (nSPS) is 22.2. The van der Waals surface area contributed by atoms with Gasteiger partial charge in [-0.15, -0.1) is 0 Å². The summed E-state index contributed by atoms with van der Waals surface area (Å²) in [5.41, 5.74) is -1.28. The minimum absolute atomic E-state index is 0.0241. The molecule has 30 heavy (non-hydrogen) atoms. The molecule has 2 heterocycles. The molecule has 0 aromatic carbocycles. The van der Waals surface area contributed by atoms with Crippen molar-refractivity contribution in [1.29, 1.82) is 0 Å². The molecule has 0 aromatic heterocycles. The number of nitrogens with zero attached hydrogens (tertiary/aromatic N) is 2. The van der Waals surface area contributed by atoms with Crippen molar-refractivity contribution in [2.75, 3.05) is 19.6 Å². The summed E-state index contributed by atoms with van der Waals surface area (Å²) in [7, 11) is 0. The van der Waals surface area contributed by atoms with Crippen LogP contribution in [0.15, 0.2) is 0 Å². The lowest BCUT2D eigenvalue weighted by atomic mass is 9.82. The Kier molecular flexibility index (Phi) is 6.57. The molecule has 2 saturated heterocycles. The molecule has 5 amide bonds. The van der Waals surface area contributed by atoms with E-state index in [0.717, 1.165) is 19.3 Å². The van der Waals surface area contributed by atoms with Crippen LogP contribution >= 0.6 is 0 Å². The largest absolute Gasteiger partial charge is 0.444 e. The summed E-state index contributed by atoms with van der Waals surface area (Å²) in [6, 6.07) is -0.413. The lowest BCUT2D eigenvalue weighted by Gasteiger charge is -2.33. The van der Waals surface area contributed by atoms with Crippen molar-refractivity contribution in [3.8, 4) is 0 Å². The van der Waals surface area contributed by atoms with Crippen LogP contribution in [0.2, 0.25) is 0 Å². The quantitative estimate of drug-likeness (QED) is 0.675. The number of carbonyl (C=O) groups is 4. The van der Waals surface area contributed by atoms with Gasteiger partial charge < -0.3 is 20.3 Å². The fourth-order valence-electron chi connectivity index (χ4n) is 4.42. The van der Waals surface area contributed by atoms with Gasteiger partial charge in [0.25, 0.3) is 5.91 Å². The lowest BCUT2D eigenvalue weighted by molar-refractivity contribution is -0.132. The highest BCUT2D eigenvalue weighted by atomic mass is 16.6. The Morgan fingerprint density at radius 2 is 1.77 bits per heavy atom. The van der Waals surface area contributed by atoms with Crippen LogP contribution in [0.1, 0.15) is 72.1 Å². The molecule has 0 atom stereocenters. The summed E-state index contributed by atoms with van der Waals surface area (Å²) in [5, 5.41) is 5.83. The molecule has 3 rings (SSSR count). The number of ether oxygens (including phenoxy) is 1. The topological polar surface area (TPSA) is 108 Å². The maximum Gasteiger partial charge on any atom is 0.410 e. The van der Waals surface area contributed by atoms with Crippen molar-refractivity contribution >= 4 is 23.9 Å². The number of amides is 5. The minimum atomic E-state index is -0.750. The van der Waals surface area contributed by atoms with E-state index >= 15 is 0 Å². The van der Waals surface area contributed by atoms with Crippen molar-refractivity contribution in [3.05, 3.63) is 0 Å². The number of imide groups is 1. The maximum absolute atomic E-state index is 12.8. The molecular formula is C21H34N4O5. The van der Waals surface area contributed by atoms with Crippen molar-refractivity contribution in [1.82, 2.24) is 20.4 Å². The predicted octanol–water partition coefficient (Wildman–Crippen LogP) is 2.15. The van der Waals surface area contributed by atoms with E-state index in [9.17, 15) is 19.2 Å². The summed E-state index contributed by atoms with van der Waals surface area (Å²) in [5.74, 6) is -0.374. The molecule has 3 fully saturated rings. The lowest BCUT2D eigenvalue weighted by Crippen LogP contribution is -2.49. The average Bonchev–Trinajstić information content (AvgIpc) is 2.89. The van der Waals surface area contributed by atoms with Gasteiger partial charge in [0.05, 0.1) is 0 Å². The molecule has 2 N–H and O–H groups in total. The Morgan fingerprint density at radius 3 is 2.37 bits per heavy atom. The molecule has 1 saturated carbocycles. The van der Waals surface area contributed by atoms with E-state index in [4.69, 9.17) is 4.74 Å². The molecule has 9 nitrogen and oxygen atoms in total. The zero-order chi connectivity index (χ0) is 21.9. The minimum Gasteiger partial charge on any atom is -0.444 e. The zero-order valence-electron chi connectivity index (χ0n) is 18.3. The zero-order valence-corrected chi connectivity index (χ0v) is 18.3. The van der Waals surface area contributed by atoms with Gasteiger partial charge >= 0.3 is 12.1 Å². The number of nitrogens with one attached hydrogen (secondary N) is 2. The number of urea groups is 1. The monoisotopic (exact) mass is 422 g/mol. The summed E-state index contributed by atoms with van der Waals surface area (Å²) in [4.78, 5) is 52.4. The van der Waals surface area contributed by atoms with Gasteiger partial charge in [-0.25, -0.2) is 9.59 Å². The second-order valence-corrected chi connectivity index (χ2v) is 9.59. The van der Waals surface area contributed by atoms with Crippen molar-refractivity contribution < 1.29 is 23.9 Å². The number of piperidine rings is 1. The Hall–Kier alpha value is -2.32. The molecule has 2 aliphatic heterocycles. The fraction of sp³-hybridized carbons (Fsp3) is 0.810. The average molecular weight is 423 g/mol. The molecule has 1 spiro atoms. The third-order valence-corrected chi connectivity index (χ3v) is 6.03. The van der Waals surface area contributed by atoms with Gasteiger partial charge in [-0.3, -0.25) is 14.5 Å². The van der Waals surface area contributed by atoms with Gasteiger partial charge in [-0.1, -0.05) is 19.3 Å². The number of likely N-dealkylation sites (tertiary alicyclic amines) is 1. The van der Waals surface area contributed by atoms with Crippen LogP contribution in [0.4, 0.5) is 9.59 Å². The maximum atomic E-state index is 12.8. The summed E-state index contributed by atoms with van der Waals surface area (Å²) in [6.07, 6.45) is 5.36. The van der Waals surface area contributed by atoms with Crippen LogP contribution in [0.3, 0.4) is 0 Å². The van der Waals surface area contributed by atoms with Crippen LogP contribution in [0, 0.1) is 0 Å². The number of hydrogen-bond acceptors (Lipinski definition) is 5. The highest BCUT2D eigenvalue weighted by molar-refractivity contribution is 6.07. The smallest absolute Gasteiger partial charge is 0.410 e. The van der Waals surface area contributed by atoms with Gasteiger partial charge in [0.15, 0.2) is 0 Å². The van der Waals surface area contributed by atoms with E-state index in [0.29, 0.717) is 38.8 Å². The summed E-state index contributed by atoms with van der Waals surface area (Å²) >= 11 is 0. The van der Waals surface area contributed by atoms with E-state index in [1.165, 1.54) is 4.90 Å². The Labute approximate surface area is 177 Å². The van der Waals surface area contributed by atoms with Crippen LogP contribution in [-0.4, -0.2) is 70.6 Å². The van der Waals surface area contributed by atoms with E-state index in [2.05, 4.69) is 10.6 Å². The van der Waals surface area contributed by atoms with Crippen molar-refractivity contribution in [2.45, 2.75) is 89.3 Å². The molecule has 1 aliphatic carbocycles. The molecule has 3 aliphatic rings. The molecule has 0 bridgehead atoms. The van der Waals surface area contributed by atoms with Gasteiger partial charge in [0.1, 0.15) is 11.1 Å². The van der Waals surface area contributed by atoms with Gasteiger partial charge in [0, 0.05) is 32.1 Å². The van der Waals surface area contributed by atoms with Gasteiger partial charge in [-0.2, -0.15) is 0 Å². The van der Waals surface area contributed by atoms with E-state index in [1.807, 2.05) is 20.8 Å². The summed E-state index contributed by atoms with van der Waals surface area (Å²) in [6.45, 7) is 6.64. The first-order valence-corrected chi connectivity index (χ1v) is 11.0. The van der Waals surface area contributed by atoms with E-state index < -0.39 is 11.1 Å². The number of carbonyl (C=O) groups excluding carboxylic acids is 4. The second kappa shape index (κ2) is 8.81. The van der Waals surface area contributed by atoms with E-state index in [-0.39, 0.29) is 42.9 Å². The molecular weight excluding hydrogens is 388 g/mol. The van der Waals surface area contributed by atoms with Crippen LogP contribution in [0.5, 0.6) is 0 Å². The SMILES string of the molecule is CC(C)(C)OC(=O)N1CCC(NC(=O)CCN2C(=O)NC3(CCCCC3)C2=O)CC1. The molecule has 0 unspecified atom stereocenters. The predicted molar refractivity (Wildman–Crippen MR) is 110 cm³/mol. The fourth-order valence-corrected chi connectivity index (χ4v) is 4.42. The van der Waals surface area contributed by atoms with Crippen molar-refractivity contribution in [3.63, 3.8) is 0 Å². The molecule has 0 radical (unpaired) electrons. The third-order valence-electron chi connectivity index (χ3n) is 6.03. The van der Waals surface area contributed by atoms with Crippen LogP contribution < -0.4 is 10.6 Å². The number of rotatable bonds is 4. The Balaban J connectivity index is 1.41. The Morgan fingerprint density at radius 1 is 1.13 bits per heavy atom. The van der Waals surface area contributed by atoms with Crippen LogP contribution in [0.25, 0.3) is 0 Å². The summed E-state index contributed by atoms with van der Waals surface area (Å²) < 4.78 is 5.38. The van der Waals surface area contributed by atoms with Gasteiger partial charge in [-0.05, 0) is 46.5 Å². The molecule has 0 aromatic rings. The highest BCUT2D eigenvalue weighted by Crippen LogP contribution is 2.33. The van der Waals surface area contributed by atoms with Crippen LogP contribution in [-0.2, 0) is 14.3 Å². The van der Waals surface area contributed by atoms with Crippen molar-refractivity contribution in [2.24, 2.45) is 0 Å². The van der Waals surface area contributed by atoms with E-state index in [1.54, 1.807) is 4.90 Å².